The number of hydrogen-bond donors (Lipinski definition) is 2. The van der Waals surface area contributed by atoms with E-state index in [2.05, 4.69) is 37.1 Å². The second-order valence-electron chi connectivity index (χ2n) is 7.64. The van der Waals surface area contributed by atoms with Crippen molar-refractivity contribution in [1.29, 1.82) is 0 Å². The summed E-state index contributed by atoms with van der Waals surface area (Å²) in [4.78, 5) is 34.7. The quantitative estimate of drug-likeness (QED) is 0.357. The van der Waals surface area contributed by atoms with Crippen LogP contribution >= 0.6 is 11.6 Å². The van der Waals surface area contributed by atoms with Crippen molar-refractivity contribution in [1.82, 2.24) is 29.5 Å². The molecule has 0 saturated heterocycles. The number of nitrogens with one attached hydrogen (secondary N) is 1. The van der Waals surface area contributed by atoms with E-state index in [4.69, 9.17) is 22.3 Å². The van der Waals surface area contributed by atoms with Gasteiger partial charge in [0.2, 0.25) is 0 Å². The first-order valence-corrected chi connectivity index (χ1v) is 11.4. The predicted octanol–water partition coefficient (Wildman–Crippen LogP) is 3.26. The van der Waals surface area contributed by atoms with E-state index < -0.39 is 0 Å². The molecule has 2 aromatic carbocycles. The van der Waals surface area contributed by atoms with E-state index >= 15 is 0 Å². The Morgan fingerprint density at radius 1 is 1.00 bits per heavy atom. The highest BCUT2D eigenvalue weighted by molar-refractivity contribution is 6.35. The zero-order valence-corrected chi connectivity index (χ0v) is 19.6. The Labute approximate surface area is 211 Å². The Kier molecular flexibility index (Phi) is 6.51. The third-order valence-electron chi connectivity index (χ3n) is 5.33. The SMILES string of the molecule is Nc1ncnc(NCCc2nc3cccc(Cl)c3c(=O)n2-c2ccccc2)c1C#Cc1cnccn1. The minimum absolute atomic E-state index is 0.228. The van der Waals surface area contributed by atoms with E-state index in [0.29, 0.717) is 57.5 Å². The van der Waals surface area contributed by atoms with Gasteiger partial charge in [-0.1, -0.05) is 41.8 Å². The summed E-state index contributed by atoms with van der Waals surface area (Å²) < 4.78 is 1.58. The number of fused-ring (bicyclic) bond motifs is 1. The van der Waals surface area contributed by atoms with Crippen molar-refractivity contribution in [2.45, 2.75) is 6.42 Å². The van der Waals surface area contributed by atoms with Crippen molar-refractivity contribution in [2.24, 2.45) is 0 Å². The first kappa shape index (κ1) is 23.0. The molecule has 3 heterocycles. The summed E-state index contributed by atoms with van der Waals surface area (Å²) in [5.41, 5.74) is 8.02. The Morgan fingerprint density at radius 3 is 2.67 bits per heavy atom. The molecule has 0 aliphatic heterocycles. The van der Waals surface area contributed by atoms with E-state index in [9.17, 15) is 4.79 Å². The highest BCUT2D eigenvalue weighted by Gasteiger charge is 2.15. The van der Waals surface area contributed by atoms with E-state index in [1.165, 1.54) is 6.33 Å². The second-order valence-corrected chi connectivity index (χ2v) is 8.05. The molecule has 5 aromatic rings. The molecule has 10 heteroatoms. The third-order valence-corrected chi connectivity index (χ3v) is 5.64. The lowest BCUT2D eigenvalue weighted by molar-refractivity contribution is 0.809. The van der Waals surface area contributed by atoms with Crippen LogP contribution in [0.3, 0.4) is 0 Å². The number of nitrogen functional groups attached to an aromatic ring is 1. The Hall–Kier alpha value is -4.81. The molecular formula is C26H19ClN8O. The van der Waals surface area contributed by atoms with Gasteiger partial charge in [-0.2, -0.15) is 0 Å². The summed E-state index contributed by atoms with van der Waals surface area (Å²) >= 11 is 6.35. The number of aromatic nitrogens is 6. The number of anilines is 2. The maximum Gasteiger partial charge on any atom is 0.267 e. The molecule has 0 unspecified atom stereocenters. The number of benzene rings is 2. The molecule has 3 aromatic heterocycles. The van der Waals surface area contributed by atoms with Crippen molar-refractivity contribution in [2.75, 3.05) is 17.6 Å². The molecule has 0 saturated carbocycles. The summed E-state index contributed by atoms with van der Waals surface area (Å²) in [7, 11) is 0. The topological polar surface area (TPSA) is 124 Å². The van der Waals surface area contributed by atoms with Gasteiger partial charge in [-0.15, -0.1) is 0 Å². The van der Waals surface area contributed by atoms with E-state index in [0.717, 1.165) is 0 Å². The highest BCUT2D eigenvalue weighted by atomic mass is 35.5. The Balaban J connectivity index is 1.47. The highest BCUT2D eigenvalue weighted by Crippen LogP contribution is 2.21. The molecule has 0 aliphatic rings. The number of nitrogens with zero attached hydrogens (tertiary/aromatic N) is 6. The predicted molar refractivity (Wildman–Crippen MR) is 139 cm³/mol. The number of halogens is 1. The van der Waals surface area contributed by atoms with Gasteiger partial charge in [0.15, 0.2) is 0 Å². The lowest BCUT2D eigenvalue weighted by Gasteiger charge is -2.15. The van der Waals surface area contributed by atoms with Crippen LogP contribution in [0.5, 0.6) is 0 Å². The van der Waals surface area contributed by atoms with E-state index in [1.54, 1.807) is 41.4 Å². The normalized spacial score (nSPS) is 10.6. The van der Waals surface area contributed by atoms with Crippen molar-refractivity contribution in [3.05, 3.63) is 106 Å². The fraction of sp³-hybridized carbons (Fsp3) is 0.0769. The monoisotopic (exact) mass is 494 g/mol. The maximum atomic E-state index is 13.5. The molecule has 3 N–H and O–H groups in total. The van der Waals surface area contributed by atoms with Gasteiger partial charge in [0.25, 0.3) is 5.56 Å². The molecular weight excluding hydrogens is 476 g/mol. The Morgan fingerprint density at radius 2 is 1.86 bits per heavy atom. The minimum atomic E-state index is -0.228. The summed E-state index contributed by atoms with van der Waals surface area (Å²) in [6, 6.07) is 14.6. The summed E-state index contributed by atoms with van der Waals surface area (Å²) in [6.07, 6.45) is 6.46. The van der Waals surface area contributed by atoms with Crippen LogP contribution in [0.15, 0.2) is 78.2 Å². The van der Waals surface area contributed by atoms with Gasteiger partial charge in [0.1, 0.15) is 35.0 Å². The van der Waals surface area contributed by atoms with Crippen LogP contribution in [0, 0.1) is 11.8 Å². The van der Waals surface area contributed by atoms with Gasteiger partial charge >= 0.3 is 0 Å². The van der Waals surface area contributed by atoms with Crippen LogP contribution in [0.2, 0.25) is 5.02 Å². The molecule has 0 amide bonds. The van der Waals surface area contributed by atoms with Gasteiger partial charge in [0, 0.05) is 25.4 Å². The zero-order valence-electron chi connectivity index (χ0n) is 18.9. The van der Waals surface area contributed by atoms with Gasteiger partial charge in [0.05, 0.1) is 27.8 Å². The zero-order chi connectivity index (χ0) is 24.9. The van der Waals surface area contributed by atoms with E-state index in [-0.39, 0.29) is 11.4 Å². The fourth-order valence-corrected chi connectivity index (χ4v) is 3.94. The number of rotatable bonds is 5. The third kappa shape index (κ3) is 4.71. The molecule has 36 heavy (non-hydrogen) atoms. The van der Waals surface area contributed by atoms with Gasteiger partial charge in [-0.05, 0) is 30.2 Å². The van der Waals surface area contributed by atoms with Crippen LogP contribution in [-0.4, -0.2) is 36.0 Å². The van der Waals surface area contributed by atoms with Gasteiger partial charge < -0.3 is 11.1 Å². The summed E-state index contributed by atoms with van der Waals surface area (Å²) in [6.45, 7) is 0.404. The average Bonchev–Trinajstić information content (AvgIpc) is 2.89. The van der Waals surface area contributed by atoms with Gasteiger partial charge in [-0.25, -0.2) is 19.9 Å². The lowest BCUT2D eigenvalue weighted by atomic mass is 10.2. The number of nitrogens with two attached hydrogens (primary N) is 1. The van der Waals surface area contributed by atoms with Crippen LogP contribution in [0.4, 0.5) is 11.6 Å². The maximum absolute atomic E-state index is 13.5. The molecule has 0 spiro atoms. The lowest BCUT2D eigenvalue weighted by Crippen LogP contribution is -2.25. The first-order valence-electron chi connectivity index (χ1n) is 11.0. The molecule has 0 bridgehead atoms. The molecule has 176 valence electrons. The number of hydrogen-bond acceptors (Lipinski definition) is 8. The Bertz CT molecular complexity index is 1660. The van der Waals surface area contributed by atoms with Crippen LogP contribution < -0.4 is 16.6 Å². The molecule has 5 rings (SSSR count). The van der Waals surface area contributed by atoms with Crippen molar-refractivity contribution in [3.8, 4) is 17.5 Å². The largest absolute Gasteiger partial charge is 0.382 e. The van der Waals surface area contributed by atoms with E-state index in [1.807, 2.05) is 30.3 Å². The fourth-order valence-electron chi connectivity index (χ4n) is 3.69. The first-order chi connectivity index (χ1) is 17.6. The second kappa shape index (κ2) is 10.2. The number of para-hydroxylation sites is 1. The van der Waals surface area contributed by atoms with Crippen LogP contribution in [-0.2, 0) is 6.42 Å². The average molecular weight is 495 g/mol. The molecule has 9 nitrogen and oxygen atoms in total. The smallest absolute Gasteiger partial charge is 0.267 e. The molecule has 0 atom stereocenters. The summed E-state index contributed by atoms with van der Waals surface area (Å²) in [5.74, 6) is 7.17. The van der Waals surface area contributed by atoms with Crippen LogP contribution in [0.25, 0.3) is 16.6 Å². The standard InChI is InChI=1S/C26H19ClN8O/c27-20-7-4-8-21-23(20)26(36)35(18-5-2-1-3-6-18)22(34-21)11-12-31-25-19(24(28)32-16-33-25)10-9-17-15-29-13-14-30-17/h1-8,13-16H,11-12H2,(H3,28,31,32,33). The molecule has 0 aliphatic carbocycles. The van der Waals surface area contributed by atoms with Crippen molar-refractivity contribution >= 4 is 34.1 Å². The molecule has 0 fully saturated rings. The van der Waals surface area contributed by atoms with Crippen molar-refractivity contribution in [3.63, 3.8) is 0 Å². The van der Waals surface area contributed by atoms with Gasteiger partial charge in [-0.3, -0.25) is 14.3 Å². The molecule has 0 radical (unpaired) electrons. The van der Waals surface area contributed by atoms with Crippen molar-refractivity contribution < 1.29 is 0 Å². The summed E-state index contributed by atoms with van der Waals surface area (Å²) in [5, 5.41) is 3.99. The minimum Gasteiger partial charge on any atom is -0.382 e. The van der Waals surface area contributed by atoms with Crippen LogP contribution in [0.1, 0.15) is 17.1 Å².